The van der Waals surface area contributed by atoms with E-state index in [1.807, 2.05) is 30.3 Å². The van der Waals surface area contributed by atoms with Crippen molar-refractivity contribution in [2.75, 3.05) is 11.5 Å². The second-order valence-electron chi connectivity index (χ2n) is 4.91. The van der Waals surface area contributed by atoms with Crippen molar-refractivity contribution < 1.29 is 13.2 Å². The van der Waals surface area contributed by atoms with Gasteiger partial charge in [0.25, 0.3) is 9.70 Å². The Labute approximate surface area is 143 Å². The summed E-state index contributed by atoms with van der Waals surface area (Å²) in [6.45, 7) is 0. The Bertz CT molecular complexity index is 672. The topological polar surface area (TPSA) is 75.6 Å². The number of amides is 1. The van der Waals surface area contributed by atoms with E-state index >= 15 is 0 Å². The maximum absolute atomic E-state index is 11.8. The number of hydrogen-bond donors (Lipinski definition) is 1. The predicted molar refractivity (Wildman–Crippen MR) is 88.7 cm³/mol. The number of nitrogens with zero attached hydrogens (tertiary/aromatic N) is 1. The lowest BCUT2D eigenvalue weighted by atomic mass is 10.1. The molecule has 1 fully saturated rings. The van der Waals surface area contributed by atoms with Crippen LogP contribution in [0.2, 0.25) is 0 Å². The minimum atomic E-state index is -3.30. The highest BCUT2D eigenvalue weighted by Crippen LogP contribution is 2.27. The van der Waals surface area contributed by atoms with Gasteiger partial charge in [-0.25, -0.2) is 8.42 Å². The number of carbonyl (C=O) groups excluding carboxylic acids is 1. The van der Waals surface area contributed by atoms with Crippen LogP contribution >= 0.6 is 34.8 Å². The van der Waals surface area contributed by atoms with Gasteiger partial charge in [-0.05, 0) is 5.56 Å². The SMILES string of the molecule is O=C(N[C@H]1CS(=O)(=O)C[C@@H]1N=Cc1ccccc1)C(Cl)(Cl)Cl. The molecule has 1 aliphatic heterocycles. The summed E-state index contributed by atoms with van der Waals surface area (Å²) < 4.78 is 21.4. The fourth-order valence-electron chi connectivity index (χ4n) is 2.08. The molecule has 2 atom stereocenters. The minimum absolute atomic E-state index is 0.152. The highest BCUT2D eigenvalue weighted by molar-refractivity contribution is 7.91. The molecule has 22 heavy (non-hydrogen) atoms. The third-order valence-electron chi connectivity index (χ3n) is 3.11. The lowest BCUT2D eigenvalue weighted by Gasteiger charge is -2.19. The lowest BCUT2D eigenvalue weighted by molar-refractivity contribution is -0.120. The summed E-state index contributed by atoms with van der Waals surface area (Å²) in [5, 5.41) is 2.43. The predicted octanol–water partition coefficient (Wildman–Crippen LogP) is 1.76. The Balaban J connectivity index is 2.13. The van der Waals surface area contributed by atoms with Crippen molar-refractivity contribution in [3.8, 4) is 0 Å². The van der Waals surface area contributed by atoms with Crippen LogP contribution in [0.4, 0.5) is 0 Å². The smallest absolute Gasteiger partial charge is 0.272 e. The maximum atomic E-state index is 11.8. The summed E-state index contributed by atoms with van der Waals surface area (Å²) >= 11 is 16.5. The van der Waals surface area contributed by atoms with E-state index in [1.54, 1.807) is 6.21 Å². The van der Waals surface area contributed by atoms with E-state index in [9.17, 15) is 13.2 Å². The second kappa shape index (κ2) is 6.74. The van der Waals surface area contributed by atoms with E-state index in [2.05, 4.69) is 10.3 Å². The minimum Gasteiger partial charge on any atom is -0.346 e. The van der Waals surface area contributed by atoms with Gasteiger partial charge in [0.15, 0.2) is 9.84 Å². The third kappa shape index (κ3) is 4.84. The van der Waals surface area contributed by atoms with Crippen molar-refractivity contribution in [1.82, 2.24) is 5.32 Å². The quantitative estimate of drug-likeness (QED) is 0.638. The van der Waals surface area contributed by atoms with E-state index in [4.69, 9.17) is 34.8 Å². The summed E-state index contributed by atoms with van der Waals surface area (Å²) in [5.74, 6) is -1.24. The van der Waals surface area contributed by atoms with Crippen LogP contribution in [-0.4, -0.2) is 47.9 Å². The molecule has 2 rings (SSSR count). The molecule has 0 aliphatic carbocycles. The van der Waals surface area contributed by atoms with Crippen LogP contribution < -0.4 is 5.32 Å². The highest BCUT2D eigenvalue weighted by atomic mass is 35.6. The van der Waals surface area contributed by atoms with Crippen LogP contribution in [0.5, 0.6) is 0 Å². The van der Waals surface area contributed by atoms with E-state index in [0.29, 0.717) is 0 Å². The molecule has 1 N–H and O–H groups in total. The summed E-state index contributed by atoms with van der Waals surface area (Å²) in [4.78, 5) is 16.0. The zero-order chi connectivity index (χ0) is 16.4. The Morgan fingerprint density at radius 2 is 1.86 bits per heavy atom. The first-order chi connectivity index (χ1) is 10.2. The first kappa shape index (κ1) is 17.5. The molecule has 9 heteroatoms. The molecule has 0 aromatic heterocycles. The van der Waals surface area contributed by atoms with Gasteiger partial charge in [0.05, 0.1) is 23.6 Å². The Hall–Kier alpha value is -0.820. The third-order valence-corrected chi connectivity index (χ3v) is 5.34. The van der Waals surface area contributed by atoms with E-state index in [1.165, 1.54) is 0 Å². The molecule has 0 saturated carbocycles. The number of sulfone groups is 1. The van der Waals surface area contributed by atoms with Gasteiger partial charge < -0.3 is 5.32 Å². The molecule has 0 unspecified atom stereocenters. The Morgan fingerprint density at radius 1 is 1.23 bits per heavy atom. The molecule has 1 aliphatic rings. The summed E-state index contributed by atoms with van der Waals surface area (Å²) in [6, 6.07) is 7.89. The van der Waals surface area contributed by atoms with Crippen LogP contribution in [-0.2, 0) is 14.6 Å². The van der Waals surface area contributed by atoms with Crippen molar-refractivity contribution >= 4 is 56.8 Å². The molecule has 120 valence electrons. The van der Waals surface area contributed by atoms with Crippen LogP contribution in [0.1, 0.15) is 5.56 Å². The van der Waals surface area contributed by atoms with E-state index in [0.717, 1.165) is 5.56 Å². The van der Waals surface area contributed by atoms with Crippen LogP contribution in [0.25, 0.3) is 0 Å². The van der Waals surface area contributed by atoms with Crippen molar-refractivity contribution in [1.29, 1.82) is 0 Å². The maximum Gasteiger partial charge on any atom is 0.272 e. The van der Waals surface area contributed by atoms with Crippen LogP contribution in [0.3, 0.4) is 0 Å². The molecule has 1 aromatic carbocycles. The van der Waals surface area contributed by atoms with E-state index in [-0.39, 0.29) is 11.5 Å². The molecular formula is C13H13Cl3N2O3S. The average molecular weight is 384 g/mol. The number of alkyl halides is 3. The summed E-state index contributed by atoms with van der Waals surface area (Å²) in [6.07, 6.45) is 1.57. The molecule has 1 aromatic rings. The molecule has 0 spiro atoms. The second-order valence-corrected chi connectivity index (χ2v) is 9.35. The van der Waals surface area contributed by atoms with Crippen molar-refractivity contribution in [2.45, 2.75) is 15.9 Å². The highest BCUT2D eigenvalue weighted by Gasteiger charge is 2.41. The van der Waals surface area contributed by atoms with Crippen LogP contribution in [0.15, 0.2) is 35.3 Å². The first-order valence-electron chi connectivity index (χ1n) is 6.34. The monoisotopic (exact) mass is 382 g/mol. The Kier molecular flexibility index (Phi) is 5.37. The summed E-state index contributed by atoms with van der Waals surface area (Å²) in [7, 11) is -3.30. The molecule has 1 amide bonds. The van der Waals surface area contributed by atoms with Gasteiger partial charge in [-0.3, -0.25) is 9.79 Å². The van der Waals surface area contributed by atoms with Gasteiger partial charge in [0.1, 0.15) is 0 Å². The number of nitrogens with one attached hydrogen (secondary N) is 1. The zero-order valence-corrected chi connectivity index (χ0v) is 14.3. The molecule has 5 nitrogen and oxygen atoms in total. The fourth-order valence-corrected chi connectivity index (χ4v) is 4.08. The van der Waals surface area contributed by atoms with Crippen molar-refractivity contribution in [3.05, 3.63) is 35.9 Å². The number of benzene rings is 1. The normalized spacial score (nSPS) is 24.5. The number of hydrogen-bond acceptors (Lipinski definition) is 4. The molecule has 1 saturated heterocycles. The number of carbonyl (C=O) groups is 1. The number of halogens is 3. The van der Waals surface area contributed by atoms with Gasteiger partial charge >= 0.3 is 0 Å². The van der Waals surface area contributed by atoms with Crippen LogP contribution in [0, 0.1) is 0 Å². The van der Waals surface area contributed by atoms with Crippen molar-refractivity contribution in [3.63, 3.8) is 0 Å². The molecule has 0 radical (unpaired) electrons. The van der Waals surface area contributed by atoms with Gasteiger partial charge in [-0.2, -0.15) is 0 Å². The Morgan fingerprint density at radius 3 is 2.45 bits per heavy atom. The first-order valence-corrected chi connectivity index (χ1v) is 9.29. The van der Waals surface area contributed by atoms with Gasteiger partial charge in [0, 0.05) is 6.21 Å². The fraction of sp³-hybridized carbons (Fsp3) is 0.385. The van der Waals surface area contributed by atoms with Crippen molar-refractivity contribution in [2.24, 2.45) is 4.99 Å². The standard InChI is InChI=1S/C13H13Cl3N2O3S/c14-13(15,16)12(19)18-11-8-22(20,21)7-10(11)17-6-9-4-2-1-3-5-9/h1-6,10-11H,7-8H2,(H,18,19)/t10-,11-/m0/s1. The average Bonchev–Trinajstić information content (AvgIpc) is 2.71. The molecular weight excluding hydrogens is 371 g/mol. The lowest BCUT2D eigenvalue weighted by Crippen LogP contribution is -2.46. The summed E-state index contributed by atoms with van der Waals surface area (Å²) in [5.41, 5.74) is 0.832. The van der Waals surface area contributed by atoms with Gasteiger partial charge in [-0.1, -0.05) is 65.1 Å². The van der Waals surface area contributed by atoms with Gasteiger partial charge in [-0.15, -0.1) is 0 Å². The number of rotatable bonds is 3. The van der Waals surface area contributed by atoms with Gasteiger partial charge in [0.2, 0.25) is 0 Å². The molecule has 0 bridgehead atoms. The largest absolute Gasteiger partial charge is 0.346 e. The zero-order valence-electron chi connectivity index (χ0n) is 11.2. The number of aliphatic imine (C=N–C) groups is 1. The van der Waals surface area contributed by atoms with E-state index < -0.39 is 31.6 Å². The molecule has 1 heterocycles.